The van der Waals surface area contributed by atoms with E-state index in [1.54, 1.807) is 0 Å². The summed E-state index contributed by atoms with van der Waals surface area (Å²) < 4.78 is 0. The zero-order valence-corrected chi connectivity index (χ0v) is 8.53. The minimum absolute atomic E-state index is 0.186. The first-order chi connectivity index (χ1) is 6.81. The Morgan fingerprint density at radius 1 is 1.50 bits per heavy atom. The van der Waals surface area contributed by atoms with Gasteiger partial charge in [0.25, 0.3) is 0 Å². The second kappa shape index (κ2) is 4.11. The number of nitrogens with one attached hydrogen (secondary N) is 1. The minimum Gasteiger partial charge on any atom is -0.395 e. The molecular weight excluding hydrogens is 174 g/mol. The van der Waals surface area contributed by atoms with Gasteiger partial charge in [-0.15, -0.1) is 0 Å². The van der Waals surface area contributed by atoms with Crippen molar-refractivity contribution in [3.8, 4) is 0 Å². The molecule has 0 aromatic heterocycles. The van der Waals surface area contributed by atoms with Gasteiger partial charge in [0.1, 0.15) is 0 Å². The molecule has 0 heterocycles. The normalized spacial score (nSPS) is 22.0. The Morgan fingerprint density at radius 3 is 3.07 bits per heavy atom. The highest BCUT2D eigenvalue weighted by Gasteiger charge is 2.22. The van der Waals surface area contributed by atoms with Crippen LogP contribution in [0.25, 0.3) is 0 Å². The summed E-state index contributed by atoms with van der Waals surface area (Å²) in [5.41, 5.74) is 2.86. The van der Waals surface area contributed by atoms with E-state index in [9.17, 15) is 0 Å². The summed E-state index contributed by atoms with van der Waals surface area (Å²) in [6.45, 7) is 2.22. The molecule has 76 valence electrons. The summed E-state index contributed by atoms with van der Waals surface area (Å²) in [6.07, 6.45) is 2.32. The second-order valence-electron chi connectivity index (χ2n) is 4.04. The molecule has 0 aliphatic heterocycles. The molecular formula is C12H17NO. The molecule has 0 unspecified atom stereocenters. The predicted molar refractivity (Wildman–Crippen MR) is 57.2 cm³/mol. The van der Waals surface area contributed by atoms with Crippen LogP contribution in [0.4, 0.5) is 0 Å². The molecule has 0 saturated heterocycles. The SMILES string of the molecule is C[C@@H](CO)N[C@@H]1CCc2ccccc21. The maximum Gasteiger partial charge on any atom is 0.0582 e. The lowest BCUT2D eigenvalue weighted by atomic mass is 10.1. The first-order valence-corrected chi connectivity index (χ1v) is 5.26. The van der Waals surface area contributed by atoms with Gasteiger partial charge in [0.05, 0.1) is 6.61 Å². The van der Waals surface area contributed by atoms with Gasteiger partial charge in [0.2, 0.25) is 0 Å². The summed E-state index contributed by atoms with van der Waals surface area (Å²) in [5, 5.41) is 12.4. The highest BCUT2D eigenvalue weighted by atomic mass is 16.3. The lowest BCUT2D eigenvalue weighted by Crippen LogP contribution is -2.32. The number of hydrogen-bond donors (Lipinski definition) is 2. The number of aliphatic hydroxyl groups is 1. The van der Waals surface area contributed by atoms with Crippen LogP contribution < -0.4 is 5.32 Å². The van der Waals surface area contributed by atoms with Crippen molar-refractivity contribution in [2.24, 2.45) is 0 Å². The van der Waals surface area contributed by atoms with Crippen LogP contribution in [0.5, 0.6) is 0 Å². The lowest BCUT2D eigenvalue weighted by Gasteiger charge is -2.18. The van der Waals surface area contributed by atoms with Crippen LogP contribution >= 0.6 is 0 Å². The van der Waals surface area contributed by atoms with E-state index in [1.165, 1.54) is 11.1 Å². The molecule has 0 fully saturated rings. The van der Waals surface area contributed by atoms with E-state index in [-0.39, 0.29) is 12.6 Å². The predicted octanol–water partition coefficient (Wildman–Crippen LogP) is 1.64. The molecule has 14 heavy (non-hydrogen) atoms. The molecule has 1 aromatic carbocycles. The first kappa shape index (κ1) is 9.69. The molecule has 0 spiro atoms. The van der Waals surface area contributed by atoms with E-state index in [0.717, 1.165) is 12.8 Å². The van der Waals surface area contributed by atoms with Crippen molar-refractivity contribution in [2.45, 2.75) is 31.8 Å². The summed E-state index contributed by atoms with van der Waals surface area (Å²) in [5.74, 6) is 0. The Bertz CT molecular complexity index is 311. The highest BCUT2D eigenvalue weighted by molar-refractivity contribution is 5.34. The van der Waals surface area contributed by atoms with Crippen molar-refractivity contribution in [3.63, 3.8) is 0 Å². The monoisotopic (exact) mass is 191 g/mol. The molecule has 1 aromatic rings. The summed E-state index contributed by atoms with van der Waals surface area (Å²) in [7, 11) is 0. The summed E-state index contributed by atoms with van der Waals surface area (Å²) >= 11 is 0. The number of benzene rings is 1. The number of fused-ring (bicyclic) bond motifs is 1. The van der Waals surface area contributed by atoms with Crippen molar-refractivity contribution < 1.29 is 5.11 Å². The topological polar surface area (TPSA) is 32.3 Å². The Balaban J connectivity index is 2.10. The van der Waals surface area contributed by atoms with Crippen LogP contribution in [0, 0.1) is 0 Å². The van der Waals surface area contributed by atoms with Crippen LogP contribution in [0.3, 0.4) is 0 Å². The van der Waals surface area contributed by atoms with E-state index < -0.39 is 0 Å². The van der Waals surface area contributed by atoms with Crippen LogP contribution in [0.1, 0.15) is 30.5 Å². The fourth-order valence-corrected chi connectivity index (χ4v) is 2.13. The molecule has 0 saturated carbocycles. The molecule has 1 aliphatic carbocycles. The molecule has 0 bridgehead atoms. The van der Waals surface area contributed by atoms with Gasteiger partial charge in [0, 0.05) is 12.1 Å². The smallest absolute Gasteiger partial charge is 0.0582 e. The number of rotatable bonds is 3. The minimum atomic E-state index is 0.186. The van der Waals surface area contributed by atoms with E-state index in [1.807, 2.05) is 6.92 Å². The third kappa shape index (κ3) is 1.81. The highest BCUT2D eigenvalue weighted by Crippen LogP contribution is 2.30. The van der Waals surface area contributed by atoms with Crippen molar-refractivity contribution in [3.05, 3.63) is 35.4 Å². The average Bonchev–Trinajstić information content (AvgIpc) is 2.62. The number of aryl methyl sites for hydroxylation is 1. The van der Waals surface area contributed by atoms with Gasteiger partial charge in [0.15, 0.2) is 0 Å². The van der Waals surface area contributed by atoms with E-state index in [4.69, 9.17) is 5.11 Å². The zero-order chi connectivity index (χ0) is 9.97. The number of hydrogen-bond acceptors (Lipinski definition) is 2. The van der Waals surface area contributed by atoms with Crippen LogP contribution in [-0.2, 0) is 6.42 Å². The summed E-state index contributed by atoms with van der Waals surface area (Å²) in [6, 6.07) is 9.18. The van der Waals surface area contributed by atoms with Crippen molar-refractivity contribution in [1.29, 1.82) is 0 Å². The van der Waals surface area contributed by atoms with Crippen molar-refractivity contribution in [1.82, 2.24) is 5.32 Å². The largest absolute Gasteiger partial charge is 0.395 e. The molecule has 1 aliphatic rings. The van der Waals surface area contributed by atoms with Crippen LogP contribution in [0.15, 0.2) is 24.3 Å². The van der Waals surface area contributed by atoms with Crippen LogP contribution in [0.2, 0.25) is 0 Å². The fraction of sp³-hybridized carbons (Fsp3) is 0.500. The molecule has 2 nitrogen and oxygen atoms in total. The van der Waals surface area contributed by atoms with E-state index >= 15 is 0 Å². The van der Waals surface area contributed by atoms with Gasteiger partial charge >= 0.3 is 0 Å². The van der Waals surface area contributed by atoms with Gasteiger partial charge in [-0.1, -0.05) is 24.3 Å². The Hall–Kier alpha value is -0.860. The Labute approximate surface area is 85.0 Å². The molecule has 0 radical (unpaired) electrons. The van der Waals surface area contributed by atoms with Crippen molar-refractivity contribution in [2.75, 3.05) is 6.61 Å². The first-order valence-electron chi connectivity index (χ1n) is 5.26. The summed E-state index contributed by atoms with van der Waals surface area (Å²) in [4.78, 5) is 0. The fourth-order valence-electron chi connectivity index (χ4n) is 2.13. The average molecular weight is 191 g/mol. The molecule has 2 atom stereocenters. The van der Waals surface area contributed by atoms with Gasteiger partial charge in [-0.3, -0.25) is 0 Å². The number of aliphatic hydroxyl groups excluding tert-OH is 1. The standard InChI is InChI=1S/C12H17NO/c1-9(8-14)13-12-7-6-10-4-2-3-5-11(10)12/h2-5,9,12-14H,6-8H2,1H3/t9-,12+/m0/s1. The van der Waals surface area contributed by atoms with E-state index in [0.29, 0.717) is 6.04 Å². The van der Waals surface area contributed by atoms with Gasteiger partial charge < -0.3 is 10.4 Å². The van der Waals surface area contributed by atoms with Crippen molar-refractivity contribution >= 4 is 0 Å². The molecule has 2 heteroatoms. The quantitative estimate of drug-likeness (QED) is 0.761. The maximum atomic E-state index is 8.98. The van der Waals surface area contributed by atoms with Crippen LogP contribution in [-0.4, -0.2) is 17.8 Å². The van der Waals surface area contributed by atoms with Gasteiger partial charge in [-0.25, -0.2) is 0 Å². The van der Waals surface area contributed by atoms with Gasteiger partial charge in [-0.2, -0.15) is 0 Å². The molecule has 0 amide bonds. The zero-order valence-electron chi connectivity index (χ0n) is 8.53. The second-order valence-corrected chi connectivity index (χ2v) is 4.04. The molecule has 2 N–H and O–H groups in total. The third-order valence-corrected chi connectivity index (χ3v) is 2.89. The molecule has 2 rings (SSSR count). The maximum absolute atomic E-state index is 8.98. The van der Waals surface area contributed by atoms with E-state index in [2.05, 4.69) is 29.6 Å². The van der Waals surface area contributed by atoms with Gasteiger partial charge in [-0.05, 0) is 30.9 Å². The Morgan fingerprint density at radius 2 is 2.29 bits per heavy atom. The lowest BCUT2D eigenvalue weighted by molar-refractivity contribution is 0.240. The Kier molecular flexibility index (Phi) is 2.85. The third-order valence-electron chi connectivity index (χ3n) is 2.89.